The number of benzene rings is 6. The van der Waals surface area contributed by atoms with E-state index in [4.69, 9.17) is 17.0 Å². The molecule has 2 unspecified atom stereocenters. The third kappa shape index (κ3) is 5.43. The fraction of sp³-hybridized carbons (Fsp3) is 0.130. The van der Waals surface area contributed by atoms with E-state index in [0.29, 0.717) is 0 Å². The van der Waals surface area contributed by atoms with E-state index in [1.165, 1.54) is 77.9 Å². The van der Waals surface area contributed by atoms with E-state index in [1.807, 2.05) is 0 Å². The monoisotopic (exact) mass is 780 g/mol. The molecule has 0 saturated carbocycles. The first kappa shape index (κ1) is 33.6. The molecule has 50 heavy (non-hydrogen) atoms. The van der Waals surface area contributed by atoms with Gasteiger partial charge in [-0.1, -0.05) is 0 Å². The first-order valence-electron chi connectivity index (χ1n) is 17.5. The van der Waals surface area contributed by atoms with Crippen LogP contribution in [-0.2, 0) is 15.0 Å². The Kier molecular flexibility index (Phi) is 8.68. The van der Waals surface area contributed by atoms with Crippen molar-refractivity contribution in [3.63, 3.8) is 0 Å². The van der Waals surface area contributed by atoms with Crippen LogP contribution in [0.15, 0.2) is 157 Å². The number of halogens is 2. The Balaban J connectivity index is 1.25. The summed E-state index contributed by atoms with van der Waals surface area (Å²) in [7, 11) is 17.1. The minimum atomic E-state index is -4.83. The van der Waals surface area contributed by atoms with Crippen molar-refractivity contribution in [2.75, 3.05) is 0 Å². The minimum absolute atomic E-state index is 0.0419. The van der Waals surface area contributed by atoms with Gasteiger partial charge in [0.05, 0.1) is 0 Å². The SMILES string of the molecule is CC1=Cc2c(-c3cccc(-c4ccccc4)c3)cccc2[CH]1[Zr]([Cl])([Cl])([CH]1C(C)=Cc2c(-c3cccc(-c4ccccc4)c3)cccc21)=[Si](C)C. The summed E-state index contributed by atoms with van der Waals surface area (Å²) < 4.78 is 0.0839. The van der Waals surface area contributed by atoms with Crippen LogP contribution in [-0.4, -0.2) is 5.43 Å². The number of fused-ring (bicyclic) bond motifs is 2. The van der Waals surface area contributed by atoms with Gasteiger partial charge in [0.1, 0.15) is 0 Å². The zero-order valence-corrected chi connectivity index (χ0v) is 33.9. The summed E-state index contributed by atoms with van der Waals surface area (Å²) >= 11 is -4.83. The standard InChI is InChI=1S/2C22H17.C2H6Si.2ClH.Zr/c2*1-16-13-19-11-6-12-21(22(19)14-16)20-10-5-9-18(15-20)17-7-3-2-4-8-17;1-3-2;;;/h2*2-15H,1H3;1-2H3;2*1H;/q;;;;;+2/p-2. The second-order valence-corrected chi connectivity index (χ2v) is 53.1. The topological polar surface area (TPSA) is 0 Å². The molecule has 0 N–H and O–H groups in total. The first-order valence-corrected chi connectivity index (χ1v) is 32.8. The van der Waals surface area contributed by atoms with E-state index in [1.54, 1.807) is 0 Å². The molecule has 0 spiro atoms. The Bertz CT molecular complexity index is 2270. The molecule has 0 nitrogen and oxygen atoms in total. The van der Waals surface area contributed by atoms with Crippen molar-refractivity contribution in [3.05, 3.63) is 179 Å². The molecule has 4 heteroatoms. The molecule has 246 valence electrons. The van der Waals surface area contributed by atoms with Crippen LogP contribution in [0.3, 0.4) is 0 Å². The van der Waals surface area contributed by atoms with Gasteiger partial charge in [-0.3, -0.25) is 0 Å². The van der Waals surface area contributed by atoms with Crippen LogP contribution in [0.5, 0.6) is 0 Å². The predicted octanol–water partition coefficient (Wildman–Crippen LogP) is 14.2. The van der Waals surface area contributed by atoms with Gasteiger partial charge in [0.25, 0.3) is 0 Å². The van der Waals surface area contributed by atoms with Gasteiger partial charge in [-0.2, -0.15) is 0 Å². The molecule has 0 bridgehead atoms. The zero-order valence-electron chi connectivity index (χ0n) is 28.9. The summed E-state index contributed by atoms with van der Waals surface area (Å²) in [4.78, 5) is 0. The molecule has 6 aromatic carbocycles. The summed E-state index contributed by atoms with van der Waals surface area (Å²) in [6, 6.07) is 52.6. The van der Waals surface area contributed by atoms with E-state index >= 15 is 0 Å². The second-order valence-electron chi connectivity index (χ2n) is 14.3. The van der Waals surface area contributed by atoms with Crippen molar-refractivity contribution in [2.24, 2.45) is 0 Å². The van der Waals surface area contributed by atoms with E-state index in [0.717, 1.165) is 0 Å². The number of hydrogen-bond acceptors (Lipinski definition) is 0. The van der Waals surface area contributed by atoms with E-state index in [9.17, 15) is 0 Å². The summed E-state index contributed by atoms with van der Waals surface area (Å²) in [5.41, 5.74) is 16.4. The fourth-order valence-corrected chi connectivity index (χ4v) is 39.2. The van der Waals surface area contributed by atoms with Gasteiger partial charge >= 0.3 is 307 Å². The number of hydrogen-bond donors (Lipinski definition) is 0. The van der Waals surface area contributed by atoms with Gasteiger partial charge in [-0.05, 0) is 0 Å². The Morgan fingerprint density at radius 3 is 1.20 bits per heavy atom. The molecule has 0 heterocycles. The number of rotatable bonds is 6. The van der Waals surface area contributed by atoms with Crippen molar-refractivity contribution >= 4 is 34.6 Å². The molecule has 2 aliphatic rings. The van der Waals surface area contributed by atoms with E-state index in [-0.39, 0.29) is 7.25 Å². The molecule has 0 aliphatic heterocycles. The Labute approximate surface area is 304 Å². The van der Waals surface area contributed by atoms with E-state index in [2.05, 4.69) is 185 Å². The fourth-order valence-electron chi connectivity index (χ4n) is 8.75. The molecule has 0 aromatic heterocycles. The Hall–Kier alpha value is -3.52. The third-order valence-corrected chi connectivity index (χ3v) is 58.1. The first-order chi connectivity index (χ1) is 24.1. The van der Waals surface area contributed by atoms with Gasteiger partial charge in [0.2, 0.25) is 0 Å². The third-order valence-electron chi connectivity index (χ3n) is 11.1. The second kappa shape index (κ2) is 12.9. The molecule has 6 aromatic rings. The van der Waals surface area contributed by atoms with Crippen LogP contribution in [0.1, 0.15) is 43.4 Å². The molecule has 8 rings (SSSR count). The zero-order chi connectivity index (χ0) is 34.6. The molecule has 0 radical (unpaired) electrons. The maximum atomic E-state index is 8.53. The normalized spacial score (nSPS) is 16.8. The molecule has 2 atom stereocenters. The van der Waals surface area contributed by atoms with Crippen molar-refractivity contribution < 1.29 is 15.0 Å². The predicted molar refractivity (Wildman–Crippen MR) is 217 cm³/mol. The average Bonchev–Trinajstić information content (AvgIpc) is 3.69. The van der Waals surface area contributed by atoms with E-state index < -0.39 is 20.4 Å². The quantitative estimate of drug-likeness (QED) is 0.148. The van der Waals surface area contributed by atoms with Crippen LogP contribution in [0.25, 0.3) is 56.7 Å². The van der Waals surface area contributed by atoms with Gasteiger partial charge in [-0.25, -0.2) is 0 Å². The van der Waals surface area contributed by atoms with Crippen LogP contribution in [0, 0.1) is 0 Å². The van der Waals surface area contributed by atoms with Crippen LogP contribution in [0.4, 0.5) is 0 Å². The molecule has 2 aliphatic carbocycles. The van der Waals surface area contributed by atoms with Crippen molar-refractivity contribution in [1.82, 2.24) is 0 Å². The summed E-state index contributed by atoms with van der Waals surface area (Å²) in [6.07, 6.45) is 4.79. The van der Waals surface area contributed by atoms with Gasteiger partial charge in [0, 0.05) is 0 Å². The number of allylic oxidation sites excluding steroid dienone is 2. The summed E-state index contributed by atoms with van der Waals surface area (Å²) in [5, 5.41) is 0. The van der Waals surface area contributed by atoms with Crippen LogP contribution >= 0.6 is 17.0 Å². The van der Waals surface area contributed by atoms with Crippen LogP contribution in [0.2, 0.25) is 13.1 Å². The maximum absolute atomic E-state index is 8.53. The Morgan fingerprint density at radius 1 is 0.440 bits per heavy atom. The molecule has 0 saturated heterocycles. The van der Waals surface area contributed by atoms with Gasteiger partial charge in [-0.15, -0.1) is 0 Å². The van der Waals surface area contributed by atoms with Gasteiger partial charge in [0.15, 0.2) is 0 Å². The Morgan fingerprint density at radius 2 is 0.800 bits per heavy atom. The van der Waals surface area contributed by atoms with Gasteiger partial charge < -0.3 is 0 Å². The van der Waals surface area contributed by atoms with Crippen molar-refractivity contribution in [3.8, 4) is 44.5 Å². The molecular weight excluding hydrogens is 743 g/mol. The average molecular weight is 783 g/mol. The van der Waals surface area contributed by atoms with Crippen molar-refractivity contribution in [2.45, 2.75) is 34.2 Å². The summed E-state index contributed by atoms with van der Waals surface area (Å²) in [5.74, 6) is 0. The molecular formula is C46H40Cl2SiZr. The molecule has 0 fully saturated rings. The summed E-state index contributed by atoms with van der Waals surface area (Å²) in [6.45, 7) is 9.32. The van der Waals surface area contributed by atoms with Crippen molar-refractivity contribution in [1.29, 1.82) is 0 Å². The molecule has 0 amide bonds. The van der Waals surface area contributed by atoms with Crippen LogP contribution < -0.4 is 0 Å².